The van der Waals surface area contributed by atoms with Crippen LogP contribution in [0.25, 0.3) is 0 Å². The van der Waals surface area contributed by atoms with Crippen molar-refractivity contribution in [2.75, 3.05) is 38.0 Å². The third-order valence-electron chi connectivity index (χ3n) is 5.63. The van der Waals surface area contributed by atoms with Gasteiger partial charge < -0.3 is 14.6 Å². The van der Waals surface area contributed by atoms with Crippen molar-refractivity contribution in [1.29, 1.82) is 0 Å². The summed E-state index contributed by atoms with van der Waals surface area (Å²) in [6.07, 6.45) is 1.64. The third-order valence-corrected chi connectivity index (χ3v) is 6.44. The van der Waals surface area contributed by atoms with Gasteiger partial charge in [-0.05, 0) is 18.6 Å². The maximum Gasteiger partial charge on any atom is 0.260 e. The normalized spacial score (nSPS) is 14.1. The summed E-state index contributed by atoms with van der Waals surface area (Å²) < 4.78 is 5.15. The molecule has 9 nitrogen and oxygen atoms in total. The molecule has 1 aromatic carbocycles. The van der Waals surface area contributed by atoms with Crippen molar-refractivity contribution in [2.24, 2.45) is 0 Å². The lowest BCUT2D eigenvalue weighted by molar-refractivity contribution is -0.132. The van der Waals surface area contributed by atoms with Crippen LogP contribution in [0.2, 0.25) is 0 Å². The number of rotatable bonds is 8. The Bertz CT molecular complexity index is 1140. The molecule has 1 saturated heterocycles. The quantitative estimate of drug-likeness (QED) is 0.511. The van der Waals surface area contributed by atoms with Gasteiger partial charge in [-0.15, -0.1) is 11.3 Å². The van der Waals surface area contributed by atoms with Crippen LogP contribution in [0.3, 0.4) is 0 Å². The fourth-order valence-electron chi connectivity index (χ4n) is 3.71. The number of anilines is 1. The monoisotopic (exact) mass is 481 g/mol. The molecule has 0 radical (unpaired) electrons. The van der Waals surface area contributed by atoms with E-state index >= 15 is 0 Å². The topological polar surface area (TPSA) is 108 Å². The summed E-state index contributed by atoms with van der Waals surface area (Å²) >= 11 is 1.28. The van der Waals surface area contributed by atoms with Crippen molar-refractivity contribution in [3.05, 3.63) is 70.6 Å². The van der Waals surface area contributed by atoms with Gasteiger partial charge in [0.2, 0.25) is 11.8 Å². The highest BCUT2D eigenvalue weighted by molar-refractivity contribution is 7.14. The molecule has 0 spiro atoms. The summed E-state index contributed by atoms with van der Waals surface area (Å²) in [6, 6.07) is 11.4. The van der Waals surface area contributed by atoms with Gasteiger partial charge in [0.25, 0.3) is 5.91 Å². The lowest BCUT2D eigenvalue weighted by atomic mass is 10.2. The molecule has 0 atom stereocenters. The highest BCUT2D eigenvalue weighted by Gasteiger charge is 2.23. The number of hydrogen-bond acceptors (Lipinski definition) is 7. The minimum atomic E-state index is -0.289. The summed E-state index contributed by atoms with van der Waals surface area (Å²) in [5.74, 6) is 0.216. The van der Waals surface area contributed by atoms with E-state index in [0.717, 1.165) is 5.56 Å². The Hall–Kier alpha value is -3.50. The number of carbonyl (C=O) groups excluding carboxylic acids is 3. The van der Waals surface area contributed by atoms with Gasteiger partial charge in [0.1, 0.15) is 5.76 Å². The number of nitrogens with one attached hydrogen (secondary N) is 2. The summed E-state index contributed by atoms with van der Waals surface area (Å²) in [5.41, 5.74) is 2.14. The number of furan rings is 1. The largest absolute Gasteiger partial charge is 0.469 e. The second-order valence-electron chi connectivity index (χ2n) is 8.08. The van der Waals surface area contributed by atoms with Gasteiger partial charge in [-0.2, -0.15) is 0 Å². The maximum absolute atomic E-state index is 12.7. The van der Waals surface area contributed by atoms with Gasteiger partial charge in [0, 0.05) is 38.1 Å². The predicted octanol–water partition coefficient (Wildman–Crippen LogP) is 2.30. The predicted molar refractivity (Wildman–Crippen MR) is 129 cm³/mol. The van der Waals surface area contributed by atoms with Crippen LogP contribution in [0.1, 0.15) is 27.4 Å². The fourth-order valence-corrected chi connectivity index (χ4v) is 4.41. The molecule has 3 heterocycles. The first-order valence-electron chi connectivity index (χ1n) is 11.1. The van der Waals surface area contributed by atoms with Crippen LogP contribution in [-0.2, 0) is 22.6 Å². The number of nitrogens with zero attached hydrogens (tertiary/aromatic N) is 3. The van der Waals surface area contributed by atoms with Gasteiger partial charge in [0.15, 0.2) is 5.13 Å². The van der Waals surface area contributed by atoms with Crippen LogP contribution in [0.4, 0.5) is 5.13 Å². The molecule has 3 aromatic rings. The average Bonchev–Trinajstić information content (AvgIpc) is 3.47. The molecule has 0 bridgehead atoms. The first kappa shape index (κ1) is 23.7. The second-order valence-corrected chi connectivity index (χ2v) is 8.94. The van der Waals surface area contributed by atoms with Gasteiger partial charge in [-0.1, -0.05) is 30.3 Å². The Morgan fingerprint density at radius 3 is 2.56 bits per heavy atom. The molecule has 3 amide bonds. The van der Waals surface area contributed by atoms with Gasteiger partial charge in [-0.25, -0.2) is 4.98 Å². The van der Waals surface area contributed by atoms with Crippen molar-refractivity contribution >= 4 is 34.2 Å². The number of carbonyl (C=O) groups is 3. The van der Waals surface area contributed by atoms with E-state index in [4.69, 9.17) is 4.42 Å². The SMILES string of the molecule is Cc1occc1C(=O)Nc1nc(CC(=O)N2CCN(CC(=O)NCc3ccccc3)CC2)cs1. The Kier molecular flexibility index (Phi) is 7.71. The van der Waals surface area contributed by atoms with E-state index in [1.54, 1.807) is 23.3 Å². The summed E-state index contributed by atoms with van der Waals surface area (Å²) in [7, 11) is 0. The highest BCUT2D eigenvalue weighted by atomic mass is 32.1. The molecule has 2 N–H and O–H groups in total. The number of hydrogen-bond donors (Lipinski definition) is 2. The number of amides is 3. The summed E-state index contributed by atoms with van der Waals surface area (Å²) in [6.45, 7) is 4.98. The minimum absolute atomic E-state index is 0.0120. The zero-order valence-electron chi connectivity index (χ0n) is 19.0. The van der Waals surface area contributed by atoms with Crippen LogP contribution in [-0.4, -0.2) is 65.2 Å². The zero-order chi connectivity index (χ0) is 23.9. The van der Waals surface area contributed by atoms with E-state index in [2.05, 4.69) is 20.5 Å². The van der Waals surface area contributed by atoms with Crippen LogP contribution in [0.15, 0.2) is 52.5 Å². The maximum atomic E-state index is 12.7. The number of thiazole rings is 1. The smallest absolute Gasteiger partial charge is 0.260 e. The number of aromatic nitrogens is 1. The Labute approximate surface area is 201 Å². The van der Waals surface area contributed by atoms with Gasteiger partial charge in [0.05, 0.1) is 30.5 Å². The number of piperazine rings is 1. The fraction of sp³-hybridized carbons (Fsp3) is 0.333. The van der Waals surface area contributed by atoms with Crippen LogP contribution in [0.5, 0.6) is 0 Å². The van der Waals surface area contributed by atoms with E-state index in [9.17, 15) is 14.4 Å². The van der Waals surface area contributed by atoms with Gasteiger partial charge >= 0.3 is 0 Å². The van der Waals surface area contributed by atoms with Crippen LogP contribution >= 0.6 is 11.3 Å². The summed E-state index contributed by atoms with van der Waals surface area (Å²) in [5, 5.41) is 7.90. The van der Waals surface area contributed by atoms with E-state index in [0.29, 0.717) is 61.4 Å². The lowest BCUT2D eigenvalue weighted by Gasteiger charge is -2.34. The molecule has 1 aliphatic heterocycles. The molecule has 178 valence electrons. The molecule has 0 unspecified atom stereocenters. The van der Waals surface area contributed by atoms with E-state index < -0.39 is 0 Å². The Morgan fingerprint density at radius 1 is 1.09 bits per heavy atom. The lowest BCUT2D eigenvalue weighted by Crippen LogP contribution is -2.51. The van der Waals surface area contributed by atoms with E-state index in [1.807, 2.05) is 30.3 Å². The molecular weight excluding hydrogens is 454 g/mol. The van der Waals surface area contributed by atoms with Crippen molar-refractivity contribution in [3.63, 3.8) is 0 Å². The van der Waals surface area contributed by atoms with Crippen LogP contribution < -0.4 is 10.6 Å². The zero-order valence-corrected chi connectivity index (χ0v) is 19.8. The minimum Gasteiger partial charge on any atom is -0.469 e. The van der Waals surface area contributed by atoms with Crippen molar-refractivity contribution in [2.45, 2.75) is 19.9 Å². The second kappa shape index (κ2) is 11.1. The van der Waals surface area contributed by atoms with E-state index in [-0.39, 0.29) is 24.1 Å². The molecule has 1 aliphatic rings. The number of benzene rings is 1. The molecular formula is C24H27N5O4S. The number of aryl methyl sites for hydroxylation is 1. The Balaban J connectivity index is 1.18. The third kappa shape index (κ3) is 6.30. The highest BCUT2D eigenvalue weighted by Crippen LogP contribution is 2.19. The molecule has 2 aromatic heterocycles. The molecule has 0 saturated carbocycles. The molecule has 1 fully saturated rings. The standard InChI is InChI=1S/C24H27N5O4S/c1-17-20(7-12-33-17)23(32)27-24-26-19(16-34-24)13-22(31)29-10-8-28(9-11-29)15-21(30)25-14-18-5-3-2-4-6-18/h2-7,12,16H,8-11,13-15H2,1H3,(H,25,30)(H,26,27,32). The molecule has 10 heteroatoms. The molecule has 4 rings (SSSR count). The van der Waals surface area contributed by atoms with E-state index in [1.165, 1.54) is 17.6 Å². The average molecular weight is 482 g/mol. The van der Waals surface area contributed by atoms with Crippen molar-refractivity contribution in [1.82, 2.24) is 20.1 Å². The molecule has 34 heavy (non-hydrogen) atoms. The Morgan fingerprint density at radius 2 is 1.85 bits per heavy atom. The first-order valence-corrected chi connectivity index (χ1v) is 12.0. The van der Waals surface area contributed by atoms with Gasteiger partial charge in [-0.3, -0.25) is 24.6 Å². The van der Waals surface area contributed by atoms with Crippen molar-refractivity contribution < 1.29 is 18.8 Å². The first-order chi connectivity index (χ1) is 16.5. The van der Waals surface area contributed by atoms with Crippen LogP contribution in [0, 0.1) is 6.92 Å². The summed E-state index contributed by atoms with van der Waals surface area (Å²) in [4.78, 5) is 45.5. The van der Waals surface area contributed by atoms with Crippen molar-refractivity contribution in [3.8, 4) is 0 Å². The molecule has 0 aliphatic carbocycles.